The number of rotatable bonds is 5. The fourth-order valence-corrected chi connectivity index (χ4v) is 4.15. The molecule has 7 nitrogen and oxygen atoms in total. The van der Waals surface area contributed by atoms with Crippen LogP contribution in [0.25, 0.3) is 0 Å². The van der Waals surface area contributed by atoms with E-state index in [9.17, 15) is 13.2 Å². The van der Waals surface area contributed by atoms with E-state index in [0.29, 0.717) is 41.5 Å². The average Bonchev–Trinajstić information content (AvgIpc) is 3.45. The maximum Gasteiger partial charge on any atom is 0.255 e. The Morgan fingerprint density at radius 1 is 1.04 bits per heavy atom. The smallest absolute Gasteiger partial charge is 0.255 e. The van der Waals surface area contributed by atoms with Crippen molar-refractivity contribution in [3.63, 3.8) is 0 Å². The molecule has 8 heteroatoms. The van der Waals surface area contributed by atoms with Gasteiger partial charge >= 0.3 is 0 Å². The molecule has 2 aromatic rings. The highest BCUT2D eigenvalue weighted by Gasteiger charge is 2.28. The quantitative estimate of drug-likeness (QED) is 0.821. The zero-order chi connectivity index (χ0) is 19.0. The summed E-state index contributed by atoms with van der Waals surface area (Å²) in [6.07, 6.45) is 1.70. The number of benzene rings is 2. The SMILES string of the molecule is Cc1ccc(S(=O)(=O)NC2CC2)cc1C(=O)Nc1ccc2c(c1)OCCO2. The van der Waals surface area contributed by atoms with E-state index in [0.717, 1.165) is 12.8 Å². The number of amides is 1. The summed E-state index contributed by atoms with van der Waals surface area (Å²) in [4.78, 5) is 12.8. The summed E-state index contributed by atoms with van der Waals surface area (Å²) in [6, 6.07) is 9.71. The van der Waals surface area contributed by atoms with Crippen molar-refractivity contribution in [3.8, 4) is 11.5 Å². The molecule has 0 spiro atoms. The van der Waals surface area contributed by atoms with Crippen molar-refractivity contribution in [2.75, 3.05) is 18.5 Å². The lowest BCUT2D eigenvalue weighted by molar-refractivity contribution is 0.102. The van der Waals surface area contributed by atoms with Crippen LogP contribution in [0.3, 0.4) is 0 Å². The van der Waals surface area contributed by atoms with Gasteiger partial charge in [0.25, 0.3) is 5.91 Å². The van der Waals surface area contributed by atoms with Crippen LogP contribution >= 0.6 is 0 Å². The minimum absolute atomic E-state index is 0.00583. The number of sulfonamides is 1. The maximum atomic E-state index is 12.7. The van der Waals surface area contributed by atoms with Crippen LogP contribution in [0.1, 0.15) is 28.8 Å². The van der Waals surface area contributed by atoms with Crippen LogP contribution in [-0.4, -0.2) is 33.6 Å². The molecule has 0 saturated heterocycles. The average molecular weight is 388 g/mol. The van der Waals surface area contributed by atoms with Gasteiger partial charge in [-0.1, -0.05) is 6.07 Å². The number of ether oxygens (including phenoxy) is 2. The summed E-state index contributed by atoms with van der Waals surface area (Å²) < 4.78 is 38.4. The van der Waals surface area contributed by atoms with Crippen molar-refractivity contribution in [1.29, 1.82) is 0 Å². The third-order valence-electron chi connectivity index (χ3n) is 4.46. The van der Waals surface area contributed by atoms with Crippen LogP contribution in [0.15, 0.2) is 41.3 Å². The zero-order valence-electron chi connectivity index (χ0n) is 14.8. The standard InChI is InChI=1S/C19H20N2O5S/c1-12-2-6-15(27(23,24)21-13-3-4-13)11-16(12)19(22)20-14-5-7-17-18(10-14)26-9-8-25-17/h2,5-7,10-11,13,21H,3-4,8-9H2,1H3,(H,20,22). The highest BCUT2D eigenvalue weighted by molar-refractivity contribution is 7.89. The van der Waals surface area contributed by atoms with Crippen molar-refractivity contribution < 1.29 is 22.7 Å². The van der Waals surface area contributed by atoms with Gasteiger partial charge in [0, 0.05) is 23.4 Å². The summed E-state index contributed by atoms with van der Waals surface area (Å²) in [5, 5.41) is 2.79. The molecular weight excluding hydrogens is 368 g/mol. The maximum absolute atomic E-state index is 12.7. The van der Waals surface area contributed by atoms with Gasteiger partial charge < -0.3 is 14.8 Å². The number of hydrogen-bond acceptors (Lipinski definition) is 5. The topological polar surface area (TPSA) is 93.7 Å². The zero-order valence-corrected chi connectivity index (χ0v) is 15.6. The van der Waals surface area contributed by atoms with E-state index in [1.54, 1.807) is 31.2 Å². The third-order valence-corrected chi connectivity index (χ3v) is 5.98. The lowest BCUT2D eigenvalue weighted by Gasteiger charge is -2.19. The second-order valence-corrected chi connectivity index (χ2v) is 8.40. The minimum Gasteiger partial charge on any atom is -0.486 e. The fourth-order valence-electron chi connectivity index (χ4n) is 2.82. The Hall–Kier alpha value is -2.58. The highest BCUT2D eigenvalue weighted by atomic mass is 32.2. The highest BCUT2D eigenvalue weighted by Crippen LogP contribution is 2.33. The van der Waals surface area contributed by atoms with Gasteiger partial charge in [0.15, 0.2) is 11.5 Å². The summed E-state index contributed by atoms with van der Waals surface area (Å²) in [7, 11) is -3.62. The molecule has 1 saturated carbocycles. The van der Waals surface area contributed by atoms with Gasteiger partial charge in [-0.25, -0.2) is 13.1 Å². The predicted octanol–water partition coefficient (Wildman–Crippen LogP) is 2.46. The first kappa shape index (κ1) is 17.8. The molecule has 1 aliphatic heterocycles. The van der Waals surface area contributed by atoms with Crippen LogP contribution in [0.2, 0.25) is 0 Å². The van der Waals surface area contributed by atoms with Crippen LogP contribution in [-0.2, 0) is 10.0 Å². The van der Waals surface area contributed by atoms with Crippen LogP contribution in [0.5, 0.6) is 11.5 Å². The van der Waals surface area contributed by atoms with Crippen LogP contribution in [0, 0.1) is 6.92 Å². The molecule has 1 heterocycles. The van der Waals surface area contributed by atoms with Crippen molar-refractivity contribution in [3.05, 3.63) is 47.5 Å². The number of carbonyl (C=O) groups is 1. The molecule has 2 N–H and O–H groups in total. The van der Waals surface area contributed by atoms with Gasteiger partial charge in [-0.2, -0.15) is 0 Å². The molecule has 2 aliphatic rings. The van der Waals surface area contributed by atoms with E-state index in [4.69, 9.17) is 9.47 Å². The van der Waals surface area contributed by atoms with Gasteiger partial charge in [0.1, 0.15) is 13.2 Å². The fraction of sp³-hybridized carbons (Fsp3) is 0.316. The lowest BCUT2D eigenvalue weighted by atomic mass is 10.1. The number of aryl methyl sites for hydroxylation is 1. The second-order valence-electron chi connectivity index (χ2n) is 6.68. The molecule has 1 aliphatic carbocycles. The Balaban J connectivity index is 1.57. The van der Waals surface area contributed by atoms with Gasteiger partial charge in [-0.3, -0.25) is 4.79 Å². The van der Waals surface area contributed by atoms with Gasteiger partial charge in [0.2, 0.25) is 10.0 Å². The number of nitrogens with one attached hydrogen (secondary N) is 2. The number of anilines is 1. The van der Waals surface area contributed by atoms with E-state index in [1.165, 1.54) is 12.1 Å². The second kappa shape index (κ2) is 6.86. The first-order valence-corrected chi connectivity index (χ1v) is 10.2. The molecule has 2 aromatic carbocycles. The summed E-state index contributed by atoms with van der Waals surface area (Å²) in [5.41, 5.74) is 1.55. The number of hydrogen-bond donors (Lipinski definition) is 2. The number of fused-ring (bicyclic) bond motifs is 1. The Kier molecular flexibility index (Phi) is 4.53. The molecule has 1 amide bonds. The minimum atomic E-state index is -3.62. The normalized spacial score (nSPS) is 16.0. The molecule has 27 heavy (non-hydrogen) atoms. The molecular formula is C19H20N2O5S. The Labute approximate surface area is 157 Å². The monoisotopic (exact) mass is 388 g/mol. The van der Waals surface area contributed by atoms with Crippen molar-refractivity contribution in [2.24, 2.45) is 0 Å². The molecule has 0 aromatic heterocycles. The summed E-state index contributed by atoms with van der Waals surface area (Å²) in [6.45, 7) is 2.72. The van der Waals surface area contributed by atoms with E-state index in [-0.39, 0.29) is 16.8 Å². The first-order chi connectivity index (χ1) is 12.9. The molecule has 0 radical (unpaired) electrons. The third kappa shape index (κ3) is 3.91. The van der Waals surface area contributed by atoms with E-state index in [2.05, 4.69) is 10.0 Å². The molecule has 0 atom stereocenters. The molecule has 4 rings (SSSR count). The summed E-state index contributed by atoms with van der Waals surface area (Å²) >= 11 is 0. The molecule has 0 bridgehead atoms. The Morgan fingerprint density at radius 3 is 2.52 bits per heavy atom. The summed E-state index contributed by atoms with van der Waals surface area (Å²) in [5.74, 6) is 0.822. The Bertz CT molecular complexity index is 999. The van der Waals surface area contributed by atoms with Crippen LogP contribution in [0.4, 0.5) is 5.69 Å². The molecule has 0 unspecified atom stereocenters. The van der Waals surface area contributed by atoms with Gasteiger partial charge in [0.05, 0.1) is 4.90 Å². The van der Waals surface area contributed by atoms with Crippen molar-refractivity contribution in [1.82, 2.24) is 4.72 Å². The Morgan fingerprint density at radius 2 is 1.78 bits per heavy atom. The predicted molar refractivity (Wildman–Crippen MR) is 99.9 cm³/mol. The molecule has 1 fully saturated rings. The van der Waals surface area contributed by atoms with E-state index >= 15 is 0 Å². The van der Waals surface area contributed by atoms with Gasteiger partial charge in [-0.05, 0) is 49.6 Å². The molecule has 142 valence electrons. The lowest BCUT2D eigenvalue weighted by Crippen LogP contribution is -2.26. The largest absolute Gasteiger partial charge is 0.486 e. The van der Waals surface area contributed by atoms with E-state index in [1.807, 2.05) is 0 Å². The van der Waals surface area contributed by atoms with Crippen molar-refractivity contribution in [2.45, 2.75) is 30.7 Å². The van der Waals surface area contributed by atoms with Crippen LogP contribution < -0.4 is 19.5 Å². The van der Waals surface area contributed by atoms with Crippen molar-refractivity contribution >= 4 is 21.6 Å². The van der Waals surface area contributed by atoms with Gasteiger partial charge in [-0.15, -0.1) is 0 Å². The van der Waals surface area contributed by atoms with E-state index < -0.39 is 10.0 Å². The number of carbonyl (C=O) groups excluding carboxylic acids is 1. The first-order valence-electron chi connectivity index (χ1n) is 8.76.